The molecule has 0 bridgehead atoms. The van der Waals surface area contributed by atoms with Crippen LogP contribution < -0.4 is 5.32 Å². The fourth-order valence-electron chi connectivity index (χ4n) is 2.33. The number of nitrogens with one attached hydrogen (secondary N) is 1. The van der Waals surface area contributed by atoms with Crippen molar-refractivity contribution in [1.29, 1.82) is 5.26 Å². The minimum Gasteiger partial charge on any atom is -0.345 e. The number of aromatic nitrogens is 3. The maximum absolute atomic E-state index is 12.3. The average Bonchev–Trinajstić information content (AvgIpc) is 3.02. The largest absolute Gasteiger partial charge is 0.345 e. The number of aryl methyl sites for hydroxylation is 1. The molecule has 7 heteroatoms. The molecule has 3 rings (SSSR count). The molecular formula is C18H14ClN5O. The number of carbonyl (C=O) groups is 1. The van der Waals surface area contributed by atoms with Gasteiger partial charge in [-0.25, -0.2) is 9.67 Å². The topological polar surface area (TPSA) is 83.6 Å². The van der Waals surface area contributed by atoms with Gasteiger partial charge >= 0.3 is 0 Å². The van der Waals surface area contributed by atoms with Crippen LogP contribution in [0.3, 0.4) is 0 Å². The lowest BCUT2D eigenvalue weighted by molar-refractivity contribution is 0.0940. The number of amides is 1. The number of nitrogens with zero attached hydrogens (tertiary/aromatic N) is 4. The van der Waals surface area contributed by atoms with E-state index in [4.69, 9.17) is 16.9 Å². The summed E-state index contributed by atoms with van der Waals surface area (Å²) in [4.78, 5) is 16.5. The van der Waals surface area contributed by atoms with E-state index in [9.17, 15) is 4.79 Å². The van der Waals surface area contributed by atoms with Crippen LogP contribution in [-0.4, -0.2) is 20.7 Å². The minimum atomic E-state index is -0.377. The number of hydrogen-bond donors (Lipinski definition) is 1. The Labute approximate surface area is 149 Å². The number of benzene rings is 2. The lowest BCUT2D eigenvalue weighted by Crippen LogP contribution is -2.24. The molecule has 0 saturated carbocycles. The third-order valence-corrected chi connectivity index (χ3v) is 3.80. The minimum absolute atomic E-state index is 0.0869. The molecular weight excluding hydrogens is 338 g/mol. The summed E-state index contributed by atoms with van der Waals surface area (Å²) in [6.07, 6.45) is 0. The number of hydrogen-bond acceptors (Lipinski definition) is 4. The molecule has 0 atom stereocenters. The number of carbonyl (C=O) groups excluding carboxylic acids is 1. The van der Waals surface area contributed by atoms with Crippen molar-refractivity contribution in [1.82, 2.24) is 20.1 Å². The quantitative estimate of drug-likeness (QED) is 0.783. The van der Waals surface area contributed by atoms with Gasteiger partial charge in [-0.2, -0.15) is 5.26 Å². The summed E-state index contributed by atoms with van der Waals surface area (Å²) in [7, 11) is 0. The highest BCUT2D eigenvalue weighted by atomic mass is 35.5. The molecule has 1 heterocycles. The Kier molecular flexibility index (Phi) is 4.78. The van der Waals surface area contributed by atoms with Crippen molar-refractivity contribution in [3.05, 3.63) is 76.3 Å². The second kappa shape index (κ2) is 7.16. The molecule has 0 unspecified atom stereocenters. The third-order valence-electron chi connectivity index (χ3n) is 3.55. The van der Waals surface area contributed by atoms with E-state index in [1.54, 1.807) is 54.1 Å². The standard InChI is InChI=1S/C18H14ClN5O/c1-12-22-17(23-24(12)16-7-5-15(19)6-8-16)18(25)21-11-14-4-2-3-13(9-14)10-20/h2-9H,11H2,1H3,(H,21,25). The lowest BCUT2D eigenvalue weighted by atomic mass is 10.1. The fourth-order valence-corrected chi connectivity index (χ4v) is 2.45. The highest BCUT2D eigenvalue weighted by Gasteiger charge is 2.15. The van der Waals surface area contributed by atoms with Gasteiger partial charge in [0.25, 0.3) is 5.91 Å². The van der Waals surface area contributed by atoms with Crippen molar-refractivity contribution in [3.8, 4) is 11.8 Å². The van der Waals surface area contributed by atoms with Crippen LogP contribution >= 0.6 is 11.6 Å². The van der Waals surface area contributed by atoms with Gasteiger partial charge in [-0.15, -0.1) is 5.10 Å². The van der Waals surface area contributed by atoms with E-state index in [1.807, 2.05) is 6.07 Å². The predicted octanol–water partition coefficient (Wildman–Crippen LogP) is 3.03. The summed E-state index contributed by atoms with van der Waals surface area (Å²) in [6.45, 7) is 2.07. The molecule has 0 aliphatic carbocycles. The predicted molar refractivity (Wildman–Crippen MR) is 93.4 cm³/mol. The molecule has 0 fully saturated rings. The smallest absolute Gasteiger partial charge is 0.291 e. The molecule has 0 saturated heterocycles. The van der Waals surface area contributed by atoms with Gasteiger partial charge in [0.2, 0.25) is 5.82 Å². The van der Waals surface area contributed by atoms with Crippen LogP contribution in [0.1, 0.15) is 27.6 Å². The zero-order valence-corrected chi connectivity index (χ0v) is 14.2. The van der Waals surface area contributed by atoms with Crippen LogP contribution in [0.25, 0.3) is 5.69 Å². The lowest BCUT2D eigenvalue weighted by Gasteiger charge is -2.03. The van der Waals surface area contributed by atoms with Gasteiger partial charge in [0.15, 0.2) is 0 Å². The zero-order valence-electron chi connectivity index (χ0n) is 13.4. The Morgan fingerprint density at radius 2 is 2.04 bits per heavy atom. The normalized spacial score (nSPS) is 10.3. The first-order chi connectivity index (χ1) is 12.1. The van der Waals surface area contributed by atoms with Gasteiger partial charge < -0.3 is 5.32 Å². The Morgan fingerprint density at radius 3 is 2.76 bits per heavy atom. The van der Waals surface area contributed by atoms with Crippen LogP contribution in [0.4, 0.5) is 0 Å². The molecule has 0 spiro atoms. The molecule has 3 aromatic rings. The highest BCUT2D eigenvalue weighted by Crippen LogP contribution is 2.14. The molecule has 0 aliphatic heterocycles. The molecule has 1 N–H and O–H groups in total. The Morgan fingerprint density at radius 1 is 1.28 bits per heavy atom. The maximum Gasteiger partial charge on any atom is 0.291 e. The fraction of sp³-hybridized carbons (Fsp3) is 0.111. The molecule has 0 radical (unpaired) electrons. The summed E-state index contributed by atoms with van der Waals surface area (Å²) in [6, 6.07) is 16.2. The molecule has 0 aliphatic rings. The Hall–Kier alpha value is -3.17. The highest BCUT2D eigenvalue weighted by molar-refractivity contribution is 6.30. The van der Waals surface area contributed by atoms with Crippen LogP contribution in [0.2, 0.25) is 5.02 Å². The number of halogens is 1. The summed E-state index contributed by atoms with van der Waals surface area (Å²) in [5, 5.41) is 16.5. The second-order valence-electron chi connectivity index (χ2n) is 5.37. The van der Waals surface area contributed by atoms with Gasteiger partial charge in [0.1, 0.15) is 5.82 Å². The van der Waals surface area contributed by atoms with Crippen molar-refractivity contribution < 1.29 is 4.79 Å². The molecule has 1 aromatic heterocycles. The van der Waals surface area contributed by atoms with Gasteiger partial charge in [0, 0.05) is 11.6 Å². The van der Waals surface area contributed by atoms with Crippen molar-refractivity contribution in [2.45, 2.75) is 13.5 Å². The first-order valence-corrected chi connectivity index (χ1v) is 7.91. The van der Waals surface area contributed by atoms with Crippen molar-refractivity contribution >= 4 is 17.5 Å². The summed E-state index contributed by atoms with van der Waals surface area (Å²) in [5.41, 5.74) is 2.16. The average molecular weight is 352 g/mol. The Balaban J connectivity index is 1.73. The summed E-state index contributed by atoms with van der Waals surface area (Å²) >= 11 is 5.89. The van der Waals surface area contributed by atoms with E-state index in [0.717, 1.165) is 11.3 Å². The van der Waals surface area contributed by atoms with Crippen LogP contribution in [0.15, 0.2) is 48.5 Å². The summed E-state index contributed by atoms with van der Waals surface area (Å²) in [5.74, 6) is 0.306. The SMILES string of the molecule is Cc1nc(C(=O)NCc2cccc(C#N)c2)nn1-c1ccc(Cl)cc1. The van der Waals surface area contributed by atoms with Crippen LogP contribution in [0, 0.1) is 18.3 Å². The third kappa shape index (κ3) is 3.84. The first-order valence-electron chi connectivity index (χ1n) is 7.53. The first kappa shape index (κ1) is 16.7. The van der Waals surface area contributed by atoms with Gasteiger partial charge in [-0.3, -0.25) is 4.79 Å². The van der Waals surface area contributed by atoms with E-state index in [0.29, 0.717) is 23.0 Å². The van der Waals surface area contributed by atoms with E-state index in [2.05, 4.69) is 21.5 Å². The van der Waals surface area contributed by atoms with Crippen LogP contribution in [0.5, 0.6) is 0 Å². The molecule has 25 heavy (non-hydrogen) atoms. The molecule has 2 aromatic carbocycles. The monoisotopic (exact) mass is 351 g/mol. The maximum atomic E-state index is 12.3. The number of rotatable bonds is 4. The van der Waals surface area contributed by atoms with Gasteiger partial charge in [0.05, 0.1) is 17.3 Å². The van der Waals surface area contributed by atoms with E-state index in [-0.39, 0.29) is 11.7 Å². The second-order valence-corrected chi connectivity index (χ2v) is 5.80. The Bertz CT molecular complexity index is 956. The van der Waals surface area contributed by atoms with E-state index >= 15 is 0 Å². The van der Waals surface area contributed by atoms with Crippen molar-refractivity contribution in [2.75, 3.05) is 0 Å². The van der Waals surface area contributed by atoms with Crippen molar-refractivity contribution in [3.63, 3.8) is 0 Å². The van der Waals surface area contributed by atoms with Crippen LogP contribution in [-0.2, 0) is 6.54 Å². The zero-order chi connectivity index (χ0) is 17.8. The van der Waals surface area contributed by atoms with Gasteiger partial charge in [-0.05, 0) is 48.9 Å². The van der Waals surface area contributed by atoms with Crippen molar-refractivity contribution in [2.24, 2.45) is 0 Å². The summed E-state index contributed by atoms with van der Waals surface area (Å²) < 4.78 is 1.58. The molecule has 6 nitrogen and oxygen atoms in total. The van der Waals surface area contributed by atoms with Gasteiger partial charge in [-0.1, -0.05) is 23.7 Å². The number of nitriles is 1. The van der Waals surface area contributed by atoms with E-state index < -0.39 is 0 Å². The molecule has 1 amide bonds. The van der Waals surface area contributed by atoms with E-state index in [1.165, 1.54) is 0 Å². The molecule has 124 valence electrons.